The van der Waals surface area contributed by atoms with Crippen LogP contribution in [-0.4, -0.2) is 11.1 Å². The predicted molar refractivity (Wildman–Crippen MR) is 41.3 cm³/mol. The standard InChI is InChI=1S/C8H10N2O2.HI/c1-10-4-2-3-7(6-10)5-8(11)9-12;/h2-4,6H,5H2,1H3,(H-,9,11,12);1H. The SMILES string of the molecule is C[n+]1cccc(CC(=O)NO)c1.[I-]. The molecule has 0 spiro atoms. The Kier molecular flexibility index (Phi) is 5.56. The van der Waals surface area contributed by atoms with Gasteiger partial charge in [-0.25, -0.2) is 10.0 Å². The van der Waals surface area contributed by atoms with E-state index in [1.54, 1.807) is 5.48 Å². The molecule has 0 radical (unpaired) electrons. The topological polar surface area (TPSA) is 53.2 Å². The molecule has 72 valence electrons. The minimum absolute atomic E-state index is 0. The van der Waals surface area contributed by atoms with Crippen LogP contribution in [0.5, 0.6) is 0 Å². The molecular weight excluding hydrogens is 283 g/mol. The Hall–Kier alpha value is -0.690. The van der Waals surface area contributed by atoms with E-state index < -0.39 is 5.91 Å². The second-order valence-corrected chi connectivity index (χ2v) is 2.59. The van der Waals surface area contributed by atoms with Gasteiger partial charge in [0.1, 0.15) is 7.05 Å². The van der Waals surface area contributed by atoms with Crippen molar-refractivity contribution in [2.24, 2.45) is 7.05 Å². The quantitative estimate of drug-likeness (QED) is 0.258. The number of carbonyl (C=O) groups excluding carboxylic acids is 1. The number of pyridine rings is 1. The van der Waals surface area contributed by atoms with Crippen molar-refractivity contribution in [1.82, 2.24) is 5.48 Å². The molecule has 2 N–H and O–H groups in total. The van der Waals surface area contributed by atoms with Gasteiger partial charge in [-0.1, -0.05) is 0 Å². The molecule has 0 aliphatic heterocycles. The number of rotatable bonds is 2. The summed E-state index contributed by atoms with van der Waals surface area (Å²) in [7, 11) is 1.88. The first-order valence-corrected chi connectivity index (χ1v) is 3.59. The van der Waals surface area contributed by atoms with Crippen LogP contribution in [0.1, 0.15) is 5.56 Å². The second kappa shape index (κ2) is 5.87. The third-order valence-corrected chi connectivity index (χ3v) is 1.49. The summed E-state index contributed by atoms with van der Waals surface area (Å²) in [6, 6.07) is 3.68. The normalized spacial score (nSPS) is 8.77. The van der Waals surface area contributed by atoms with E-state index in [1.165, 1.54) is 0 Å². The van der Waals surface area contributed by atoms with Crippen LogP contribution in [0.4, 0.5) is 0 Å². The number of halogens is 1. The summed E-state index contributed by atoms with van der Waals surface area (Å²) < 4.78 is 1.85. The van der Waals surface area contributed by atoms with Gasteiger partial charge in [-0.3, -0.25) is 10.0 Å². The number of hydrogen-bond acceptors (Lipinski definition) is 2. The summed E-state index contributed by atoms with van der Waals surface area (Å²) in [5, 5.41) is 8.26. The molecule has 0 atom stereocenters. The Bertz CT molecular complexity index is 291. The Morgan fingerprint density at radius 1 is 1.69 bits per heavy atom. The Labute approximate surface area is 93.6 Å². The zero-order valence-corrected chi connectivity index (χ0v) is 9.35. The van der Waals surface area contributed by atoms with Crippen LogP contribution in [0.2, 0.25) is 0 Å². The lowest BCUT2D eigenvalue weighted by Gasteiger charge is -1.96. The van der Waals surface area contributed by atoms with Gasteiger partial charge < -0.3 is 24.0 Å². The van der Waals surface area contributed by atoms with Crippen molar-refractivity contribution >= 4 is 5.91 Å². The molecule has 0 bridgehead atoms. The van der Waals surface area contributed by atoms with Crippen molar-refractivity contribution < 1.29 is 38.5 Å². The molecule has 1 aromatic rings. The number of amides is 1. The fourth-order valence-electron chi connectivity index (χ4n) is 0.980. The molecule has 5 heteroatoms. The minimum Gasteiger partial charge on any atom is -1.00 e. The number of hydrogen-bond donors (Lipinski definition) is 2. The van der Waals surface area contributed by atoms with Crippen LogP contribution in [0.25, 0.3) is 0 Å². The summed E-state index contributed by atoms with van der Waals surface area (Å²) in [6.45, 7) is 0. The van der Waals surface area contributed by atoms with E-state index in [1.807, 2.05) is 36.1 Å². The van der Waals surface area contributed by atoms with Crippen molar-refractivity contribution in [2.75, 3.05) is 0 Å². The number of aromatic nitrogens is 1. The average Bonchev–Trinajstić information content (AvgIpc) is 2.04. The highest BCUT2D eigenvalue weighted by atomic mass is 127. The first kappa shape index (κ1) is 12.3. The highest BCUT2D eigenvalue weighted by Gasteiger charge is 2.03. The molecule has 1 heterocycles. The largest absolute Gasteiger partial charge is 1.00 e. The maximum absolute atomic E-state index is 10.7. The van der Waals surface area contributed by atoms with E-state index in [2.05, 4.69) is 0 Å². The van der Waals surface area contributed by atoms with Crippen LogP contribution in [0, 0.1) is 0 Å². The molecule has 0 aliphatic carbocycles. The van der Waals surface area contributed by atoms with E-state index in [-0.39, 0.29) is 30.4 Å². The molecular formula is C8H11IN2O2. The van der Waals surface area contributed by atoms with E-state index in [0.29, 0.717) is 0 Å². The van der Waals surface area contributed by atoms with Gasteiger partial charge in [0, 0.05) is 11.6 Å². The Morgan fingerprint density at radius 3 is 2.92 bits per heavy atom. The maximum Gasteiger partial charge on any atom is 0.247 e. The average molecular weight is 294 g/mol. The Balaban J connectivity index is 0.00000144. The van der Waals surface area contributed by atoms with Crippen molar-refractivity contribution in [3.63, 3.8) is 0 Å². The van der Waals surface area contributed by atoms with E-state index >= 15 is 0 Å². The third kappa shape index (κ3) is 4.18. The number of carbonyl (C=O) groups is 1. The number of nitrogens with one attached hydrogen (secondary N) is 1. The molecule has 4 nitrogen and oxygen atoms in total. The van der Waals surface area contributed by atoms with Crippen LogP contribution < -0.4 is 34.0 Å². The van der Waals surface area contributed by atoms with Gasteiger partial charge in [0.15, 0.2) is 12.4 Å². The summed E-state index contributed by atoms with van der Waals surface area (Å²) in [6.07, 6.45) is 3.90. The molecule has 1 amide bonds. The second-order valence-electron chi connectivity index (χ2n) is 2.59. The lowest BCUT2D eigenvalue weighted by atomic mass is 10.2. The Morgan fingerprint density at radius 2 is 2.38 bits per heavy atom. The maximum atomic E-state index is 10.7. The van der Waals surface area contributed by atoms with E-state index in [9.17, 15) is 4.79 Å². The first-order valence-electron chi connectivity index (χ1n) is 3.59. The van der Waals surface area contributed by atoms with Crippen LogP contribution in [-0.2, 0) is 18.3 Å². The van der Waals surface area contributed by atoms with Gasteiger partial charge in [-0.05, 0) is 6.07 Å². The molecule has 0 fully saturated rings. The van der Waals surface area contributed by atoms with Crippen LogP contribution in [0.3, 0.4) is 0 Å². The molecule has 1 rings (SSSR count). The van der Waals surface area contributed by atoms with Crippen molar-refractivity contribution in [3.8, 4) is 0 Å². The monoisotopic (exact) mass is 294 g/mol. The van der Waals surface area contributed by atoms with Gasteiger partial charge >= 0.3 is 0 Å². The van der Waals surface area contributed by atoms with Gasteiger partial charge in [0.05, 0.1) is 6.42 Å². The molecule has 0 aromatic carbocycles. The fourth-order valence-corrected chi connectivity index (χ4v) is 0.980. The molecule has 0 saturated heterocycles. The number of hydroxylamine groups is 1. The molecule has 13 heavy (non-hydrogen) atoms. The van der Waals surface area contributed by atoms with Gasteiger partial charge in [0.2, 0.25) is 5.91 Å². The fraction of sp³-hybridized carbons (Fsp3) is 0.250. The number of nitrogens with zero attached hydrogens (tertiary/aromatic N) is 1. The van der Waals surface area contributed by atoms with Crippen molar-refractivity contribution in [2.45, 2.75) is 6.42 Å². The third-order valence-electron chi connectivity index (χ3n) is 1.49. The molecule has 0 saturated carbocycles. The summed E-state index contributed by atoms with van der Waals surface area (Å²) in [5.74, 6) is -0.402. The van der Waals surface area contributed by atoms with Crippen LogP contribution in [0.15, 0.2) is 24.5 Å². The lowest BCUT2D eigenvalue weighted by molar-refractivity contribution is -0.671. The zero-order valence-electron chi connectivity index (χ0n) is 7.20. The predicted octanol–water partition coefficient (Wildman–Crippen LogP) is -3.44. The van der Waals surface area contributed by atoms with Crippen LogP contribution >= 0.6 is 0 Å². The highest BCUT2D eigenvalue weighted by molar-refractivity contribution is 5.77. The first-order chi connectivity index (χ1) is 5.72. The van der Waals surface area contributed by atoms with Crippen molar-refractivity contribution in [1.29, 1.82) is 0 Å². The van der Waals surface area contributed by atoms with Gasteiger partial charge in [0.25, 0.3) is 0 Å². The van der Waals surface area contributed by atoms with Crippen molar-refractivity contribution in [3.05, 3.63) is 30.1 Å². The minimum atomic E-state index is -0.402. The lowest BCUT2D eigenvalue weighted by Crippen LogP contribution is -3.00. The van der Waals surface area contributed by atoms with Gasteiger partial charge in [-0.15, -0.1) is 0 Å². The van der Waals surface area contributed by atoms with E-state index in [0.717, 1.165) is 5.56 Å². The van der Waals surface area contributed by atoms with E-state index in [4.69, 9.17) is 5.21 Å². The molecule has 0 unspecified atom stereocenters. The summed E-state index contributed by atoms with van der Waals surface area (Å²) >= 11 is 0. The zero-order chi connectivity index (χ0) is 8.97. The number of aryl methyl sites for hydroxylation is 1. The van der Waals surface area contributed by atoms with Gasteiger partial charge in [-0.2, -0.15) is 0 Å². The highest BCUT2D eigenvalue weighted by Crippen LogP contribution is 1.94. The molecule has 1 aromatic heterocycles. The smallest absolute Gasteiger partial charge is 0.247 e. The summed E-state index contributed by atoms with van der Waals surface area (Å²) in [5.41, 5.74) is 2.45. The summed E-state index contributed by atoms with van der Waals surface area (Å²) in [4.78, 5) is 10.7. The molecule has 0 aliphatic rings.